The normalized spacial score (nSPS) is 10.5. The molecule has 0 atom stereocenters. The number of rotatable bonds is 2. The van der Waals surface area contributed by atoms with Gasteiger partial charge >= 0.3 is 0 Å². The van der Waals surface area contributed by atoms with Gasteiger partial charge in [-0.25, -0.2) is 4.85 Å². The minimum atomic E-state index is 0.662. The average molecular weight is 312 g/mol. The number of nitrogens with zero attached hydrogens (tertiary/aromatic N) is 3. The Kier molecular flexibility index (Phi) is 3.06. The van der Waals surface area contributed by atoms with Crippen LogP contribution in [0.4, 0.5) is 5.69 Å². The summed E-state index contributed by atoms with van der Waals surface area (Å²) in [6, 6.07) is 9.77. The fraction of sp³-hybridized carbons (Fsp3) is 0.0667. The van der Waals surface area contributed by atoms with Gasteiger partial charge in [-0.15, -0.1) is 0 Å². The zero-order valence-electron chi connectivity index (χ0n) is 10.0. The molecule has 0 radical (unpaired) electrons. The molecule has 0 saturated heterocycles. The maximum atomic E-state index is 7.07. The molecule has 0 amide bonds. The molecule has 3 nitrogen and oxygen atoms in total. The van der Waals surface area contributed by atoms with Gasteiger partial charge in [-0.05, 0) is 45.8 Å². The van der Waals surface area contributed by atoms with Crippen molar-refractivity contribution < 1.29 is 0 Å². The van der Waals surface area contributed by atoms with Gasteiger partial charge in [0.25, 0.3) is 0 Å². The van der Waals surface area contributed by atoms with Crippen LogP contribution < -0.4 is 0 Å². The Balaban J connectivity index is 2.08. The first kappa shape index (κ1) is 11.9. The molecule has 0 aliphatic rings. The van der Waals surface area contributed by atoms with Crippen molar-refractivity contribution in [2.75, 3.05) is 0 Å². The summed E-state index contributed by atoms with van der Waals surface area (Å²) < 4.78 is 3.18. The molecule has 0 N–H and O–H groups in total. The van der Waals surface area contributed by atoms with Crippen LogP contribution in [0.3, 0.4) is 0 Å². The lowest BCUT2D eigenvalue weighted by molar-refractivity contribution is 0.833. The lowest BCUT2D eigenvalue weighted by Crippen LogP contribution is -1.97. The third-order valence-electron chi connectivity index (χ3n) is 3.05. The number of hydrogen-bond donors (Lipinski definition) is 0. The fourth-order valence-electron chi connectivity index (χ4n) is 2.13. The van der Waals surface area contributed by atoms with Gasteiger partial charge in [-0.3, -0.25) is 4.98 Å². The fourth-order valence-corrected chi connectivity index (χ4v) is 2.69. The van der Waals surface area contributed by atoms with Gasteiger partial charge in [0, 0.05) is 40.5 Å². The molecule has 3 aromatic rings. The molecule has 1 aromatic carbocycles. The van der Waals surface area contributed by atoms with E-state index in [1.165, 1.54) is 5.56 Å². The van der Waals surface area contributed by atoms with Crippen LogP contribution in [0.5, 0.6) is 0 Å². The van der Waals surface area contributed by atoms with E-state index >= 15 is 0 Å². The van der Waals surface area contributed by atoms with E-state index in [-0.39, 0.29) is 0 Å². The van der Waals surface area contributed by atoms with E-state index in [2.05, 4.69) is 36.5 Å². The molecule has 19 heavy (non-hydrogen) atoms. The Morgan fingerprint density at radius 1 is 1.21 bits per heavy atom. The Morgan fingerprint density at radius 2 is 2.00 bits per heavy atom. The summed E-state index contributed by atoms with van der Waals surface area (Å²) in [5.74, 6) is 0. The van der Waals surface area contributed by atoms with Crippen LogP contribution in [-0.4, -0.2) is 9.55 Å². The molecule has 0 spiro atoms. The number of fused-ring (bicyclic) bond motifs is 1. The number of benzene rings is 1. The zero-order valence-corrected chi connectivity index (χ0v) is 11.6. The molecule has 4 heteroatoms. The van der Waals surface area contributed by atoms with E-state index in [1.54, 1.807) is 12.4 Å². The van der Waals surface area contributed by atoms with Crippen molar-refractivity contribution in [2.24, 2.45) is 0 Å². The van der Waals surface area contributed by atoms with Crippen LogP contribution in [-0.2, 0) is 6.54 Å². The predicted octanol–water partition coefficient (Wildman–Crippen LogP) is 4.40. The van der Waals surface area contributed by atoms with Crippen LogP contribution in [0, 0.1) is 6.57 Å². The quantitative estimate of drug-likeness (QED) is 0.643. The summed E-state index contributed by atoms with van der Waals surface area (Å²) in [7, 11) is 0. The summed E-state index contributed by atoms with van der Waals surface area (Å²) in [5, 5.41) is 1.07. The molecular weight excluding hydrogens is 302 g/mol. The van der Waals surface area contributed by atoms with Crippen LogP contribution in [0.25, 0.3) is 15.7 Å². The van der Waals surface area contributed by atoms with Gasteiger partial charge in [-0.2, -0.15) is 0 Å². The van der Waals surface area contributed by atoms with Crippen molar-refractivity contribution in [3.8, 4) is 0 Å². The summed E-state index contributed by atoms with van der Waals surface area (Å²) in [6.45, 7) is 7.87. The Hall–Kier alpha value is -2.12. The first-order valence-electron chi connectivity index (χ1n) is 5.82. The van der Waals surface area contributed by atoms with Gasteiger partial charge in [-0.1, -0.05) is 6.07 Å². The topological polar surface area (TPSA) is 22.2 Å². The molecule has 3 rings (SSSR count). The molecule has 0 aliphatic carbocycles. The molecule has 0 aliphatic heterocycles. The van der Waals surface area contributed by atoms with Crippen molar-refractivity contribution in [1.82, 2.24) is 9.55 Å². The molecule has 2 aromatic heterocycles. The molecule has 0 unspecified atom stereocenters. The average Bonchev–Trinajstić information content (AvgIpc) is 2.76. The van der Waals surface area contributed by atoms with Crippen molar-refractivity contribution in [3.63, 3.8) is 0 Å². The second-order valence-electron chi connectivity index (χ2n) is 4.27. The minimum absolute atomic E-state index is 0.662. The predicted molar refractivity (Wildman–Crippen MR) is 79.2 cm³/mol. The van der Waals surface area contributed by atoms with Gasteiger partial charge in [0.2, 0.25) is 0 Å². The largest absolute Gasteiger partial charge is 0.342 e. The number of aromatic nitrogens is 2. The Morgan fingerprint density at radius 3 is 2.74 bits per heavy atom. The molecule has 0 bridgehead atoms. The maximum Gasteiger partial charge on any atom is 0.188 e. The Bertz CT molecular complexity index is 769. The van der Waals surface area contributed by atoms with E-state index in [0.717, 1.165) is 21.9 Å². The second kappa shape index (κ2) is 4.87. The van der Waals surface area contributed by atoms with Crippen molar-refractivity contribution >= 4 is 32.5 Å². The number of pyridine rings is 1. The van der Waals surface area contributed by atoms with Crippen molar-refractivity contribution in [3.05, 3.63) is 70.4 Å². The summed E-state index contributed by atoms with van der Waals surface area (Å²) >= 11 is 3.56. The van der Waals surface area contributed by atoms with E-state index in [1.807, 2.05) is 30.3 Å². The van der Waals surface area contributed by atoms with Crippen LogP contribution in [0.1, 0.15) is 5.56 Å². The summed E-state index contributed by atoms with van der Waals surface area (Å²) in [4.78, 5) is 7.49. The maximum absolute atomic E-state index is 7.07. The minimum Gasteiger partial charge on any atom is -0.342 e. The van der Waals surface area contributed by atoms with E-state index in [4.69, 9.17) is 6.57 Å². The van der Waals surface area contributed by atoms with Crippen molar-refractivity contribution in [2.45, 2.75) is 6.54 Å². The zero-order chi connectivity index (χ0) is 13.2. The van der Waals surface area contributed by atoms with Gasteiger partial charge in [0.15, 0.2) is 5.69 Å². The molecule has 0 fully saturated rings. The highest BCUT2D eigenvalue weighted by Crippen LogP contribution is 2.30. The lowest BCUT2D eigenvalue weighted by Gasteiger charge is -2.05. The van der Waals surface area contributed by atoms with Gasteiger partial charge in [0.05, 0.1) is 6.57 Å². The van der Waals surface area contributed by atoms with Crippen LogP contribution in [0.15, 0.2) is 53.4 Å². The van der Waals surface area contributed by atoms with Crippen LogP contribution in [0.2, 0.25) is 0 Å². The second-order valence-corrected chi connectivity index (χ2v) is 5.13. The lowest BCUT2D eigenvalue weighted by atomic mass is 10.2. The van der Waals surface area contributed by atoms with E-state index < -0.39 is 0 Å². The molecule has 0 saturated carbocycles. The highest BCUT2D eigenvalue weighted by molar-refractivity contribution is 9.10. The Labute approximate surface area is 119 Å². The molecular formula is C15H10BrN3. The van der Waals surface area contributed by atoms with Crippen LogP contribution >= 0.6 is 15.9 Å². The summed E-state index contributed by atoms with van der Waals surface area (Å²) in [5.41, 5.74) is 2.99. The first-order chi connectivity index (χ1) is 9.28. The molecule has 2 heterocycles. The van der Waals surface area contributed by atoms with Gasteiger partial charge in [0.1, 0.15) is 0 Å². The highest BCUT2D eigenvalue weighted by Gasteiger charge is 2.07. The van der Waals surface area contributed by atoms with E-state index in [0.29, 0.717) is 5.69 Å². The van der Waals surface area contributed by atoms with E-state index in [9.17, 15) is 0 Å². The number of hydrogen-bond acceptors (Lipinski definition) is 1. The third kappa shape index (κ3) is 2.25. The summed E-state index contributed by atoms with van der Waals surface area (Å²) in [6.07, 6.45) is 5.65. The standard InChI is InChI=1S/C15H10BrN3/c1-17-12-2-3-15-13(8-12)14(16)10-19(15)9-11-4-6-18-7-5-11/h2-8,10H,9H2. The molecule has 92 valence electrons. The smallest absolute Gasteiger partial charge is 0.188 e. The number of halogens is 1. The monoisotopic (exact) mass is 311 g/mol. The van der Waals surface area contributed by atoms with Crippen molar-refractivity contribution in [1.29, 1.82) is 0 Å². The van der Waals surface area contributed by atoms with Gasteiger partial charge < -0.3 is 4.57 Å². The third-order valence-corrected chi connectivity index (χ3v) is 3.68. The SMILES string of the molecule is [C-]#[N+]c1ccc2c(c1)c(Br)cn2Cc1ccncc1. The highest BCUT2D eigenvalue weighted by atomic mass is 79.9. The first-order valence-corrected chi connectivity index (χ1v) is 6.62.